The van der Waals surface area contributed by atoms with Gasteiger partial charge in [0, 0.05) is 18.1 Å². The Morgan fingerprint density at radius 2 is 1.83 bits per heavy atom. The minimum absolute atomic E-state index is 0.0434. The van der Waals surface area contributed by atoms with Crippen molar-refractivity contribution in [2.24, 2.45) is 0 Å². The molecule has 1 fully saturated rings. The summed E-state index contributed by atoms with van der Waals surface area (Å²) in [5.74, 6) is -2.32. The quantitative estimate of drug-likeness (QED) is 0.632. The third-order valence-corrected chi connectivity index (χ3v) is 4.76. The summed E-state index contributed by atoms with van der Waals surface area (Å²) >= 11 is 0. The van der Waals surface area contributed by atoms with Crippen molar-refractivity contribution in [1.82, 2.24) is 19.6 Å². The first kappa shape index (κ1) is 19.3. The van der Waals surface area contributed by atoms with Crippen molar-refractivity contribution >= 4 is 11.6 Å². The Bertz CT molecular complexity index is 1050. The van der Waals surface area contributed by atoms with Crippen molar-refractivity contribution in [3.8, 4) is 16.9 Å². The maximum absolute atomic E-state index is 14.9. The minimum Gasteiger partial charge on any atom is -0.497 e. The van der Waals surface area contributed by atoms with E-state index in [0.717, 1.165) is 29.9 Å². The van der Waals surface area contributed by atoms with E-state index < -0.39 is 29.4 Å². The van der Waals surface area contributed by atoms with E-state index in [1.54, 1.807) is 0 Å². The second-order valence-corrected chi connectivity index (χ2v) is 6.84. The number of rotatable bonds is 5. The van der Waals surface area contributed by atoms with E-state index in [1.165, 1.54) is 7.11 Å². The monoisotopic (exact) mass is 413 g/mol. The lowest BCUT2D eigenvalue weighted by Crippen LogP contribution is -2.34. The van der Waals surface area contributed by atoms with E-state index in [2.05, 4.69) is 20.4 Å². The van der Waals surface area contributed by atoms with Crippen molar-refractivity contribution in [1.29, 1.82) is 0 Å². The molecule has 0 unspecified atom stereocenters. The fourth-order valence-electron chi connectivity index (χ4n) is 3.09. The van der Waals surface area contributed by atoms with E-state index in [0.29, 0.717) is 12.8 Å². The Kier molecular flexibility index (Phi) is 4.55. The van der Waals surface area contributed by atoms with Gasteiger partial charge in [0.15, 0.2) is 0 Å². The van der Waals surface area contributed by atoms with Gasteiger partial charge in [-0.2, -0.15) is 27.8 Å². The molecule has 1 atom stereocenters. The van der Waals surface area contributed by atoms with Crippen LogP contribution in [-0.4, -0.2) is 38.9 Å². The number of ether oxygens (including phenoxy) is 1. The van der Waals surface area contributed by atoms with Gasteiger partial charge in [-0.3, -0.25) is 0 Å². The Hall–Kier alpha value is -2.98. The number of methoxy groups -OCH3 is 1. The number of nitrogens with one attached hydrogen (secondary N) is 1. The first-order chi connectivity index (χ1) is 13.7. The van der Waals surface area contributed by atoms with Crippen LogP contribution in [0.3, 0.4) is 0 Å². The lowest BCUT2D eigenvalue weighted by atomic mass is 9.99. The highest BCUT2D eigenvalue weighted by Crippen LogP contribution is 2.47. The Balaban J connectivity index is 2.02. The lowest BCUT2D eigenvalue weighted by molar-refractivity contribution is -0.138. The Labute approximate surface area is 161 Å². The molecule has 0 bridgehead atoms. The molecule has 0 amide bonds. The molecule has 2 aromatic heterocycles. The summed E-state index contributed by atoms with van der Waals surface area (Å²) in [5.41, 5.74) is -0.306. The second-order valence-electron chi connectivity index (χ2n) is 6.84. The SMILES string of the molecule is COc1cc(F)c(-c2c(C3CC3)nc3ncnn3c2N[C@@H](C)C(F)(F)F)c(F)c1. The number of hydrogen-bond acceptors (Lipinski definition) is 5. The average Bonchev–Trinajstić information content (AvgIpc) is 3.38. The second kappa shape index (κ2) is 6.82. The Morgan fingerprint density at radius 1 is 1.17 bits per heavy atom. The van der Waals surface area contributed by atoms with E-state index in [9.17, 15) is 22.0 Å². The molecule has 2 heterocycles. The highest BCUT2D eigenvalue weighted by atomic mass is 19.4. The van der Waals surface area contributed by atoms with Gasteiger partial charge < -0.3 is 10.1 Å². The molecular formula is C18H16F5N5O. The molecule has 1 saturated carbocycles. The topological polar surface area (TPSA) is 64.3 Å². The van der Waals surface area contributed by atoms with Crippen LogP contribution in [0.2, 0.25) is 0 Å². The molecule has 3 aromatic rings. The van der Waals surface area contributed by atoms with Gasteiger partial charge >= 0.3 is 6.18 Å². The molecule has 0 saturated heterocycles. The van der Waals surface area contributed by atoms with Gasteiger partial charge in [0.25, 0.3) is 5.78 Å². The van der Waals surface area contributed by atoms with Gasteiger partial charge in [-0.25, -0.2) is 13.8 Å². The third-order valence-electron chi connectivity index (χ3n) is 4.76. The highest BCUT2D eigenvalue weighted by molar-refractivity contribution is 5.81. The summed E-state index contributed by atoms with van der Waals surface area (Å²) in [6, 6.07) is -0.0673. The number of aromatic nitrogens is 4. The van der Waals surface area contributed by atoms with Crippen molar-refractivity contribution in [3.63, 3.8) is 0 Å². The van der Waals surface area contributed by atoms with Crippen LogP contribution in [0.25, 0.3) is 16.9 Å². The van der Waals surface area contributed by atoms with Crippen LogP contribution < -0.4 is 10.1 Å². The van der Waals surface area contributed by atoms with Crippen molar-refractivity contribution < 1.29 is 26.7 Å². The van der Waals surface area contributed by atoms with Gasteiger partial charge in [-0.05, 0) is 19.8 Å². The molecule has 29 heavy (non-hydrogen) atoms. The summed E-state index contributed by atoms with van der Waals surface area (Å²) in [6.45, 7) is 0.907. The summed E-state index contributed by atoms with van der Waals surface area (Å²) in [7, 11) is 1.25. The fourth-order valence-corrected chi connectivity index (χ4v) is 3.09. The van der Waals surface area contributed by atoms with Gasteiger partial charge in [-0.1, -0.05) is 0 Å². The van der Waals surface area contributed by atoms with Gasteiger partial charge in [0.1, 0.15) is 35.6 Å². The zero-order chi connectivity index (χ0) is 20.9. The largest absolute Gasteiger partial charge is 0.497 e. The number of benzene rings is 1. The minimum atomic E-state index is -4.59. The predicted molar refractivity (Wildman–Crippen MR) is 93.8 cm³/mol. The van der Waals surface area contributed by atoms with Crippen molar-refractivity contribution in [3.05, 3.63) is 35.8 Å². The number of nitrogens with zero attached hydrogens (tertiary/aromatic N) is 4. The van der Waals surface area contributed by atoms with Crippen LogP contribution in [0.15, 0.2) is 18.5 Å². The van der Waals surface area contributed by atoms with Crippen LogP contribution >= 0.6 is 0 Å². The fraction of sp³-hybridized carbons (Fsp3) is 0.389. The van der Waals surface area contributed by atoms with E-state index >= 15 is 0 Å². The van der Waals surface area contributed by atoms with Crippen molar-refractivity contribution in [2.45, 2.75) is 37.9 Å². The van der Waals surface area contributed by atoms with Crippen molar-refractivity contribution in [2.75, 3.05) is 12.4 Å². The standard InChI is InChI=1S/C18H16F5N5O/c1-8(18(21,22)23)26-16-14(13-11(19)5-10(29-2)6-12(13)20)15(9-3-4-9)27-17-24-7-25-28(16)17/h5-9,26H,3-4H2,1-2H3/t8-/m0/s1. The molecule has 1 aliphatic carbocycles. The van der Waals surface area contributed by atoms with Crippen LogP contribution in [-0.2, 0) is 0 Å². The number of anilines is 1. The number of hydrogen-bond donors (Lipinski definition) is 1. The zero-order valence-electron chi connectivity index (χ0n) is 15.4. The normalized spacial score (nSPS) is 15.6. The number of alkyl halides is 3. The van der Waals surface area contributed by atoms with E-state index in [-0.39, 0.29) is 34.5 Å². The van der Waals surface area contributed by atoms with Crippen LogP contribution in [0.1, 0.15) is 31.4 Å². The maximum Gasteiger partial charge on any atom is 0.408 e. The third kappa shape index (κ3) is 3.45. The molecule has 11 heteroatoms. The summed E-state index contributed by atoms with van der Waals surface area (Å²) < 4.78 is 75.4. The maximum atomic E-state index is 14.9. The van der Waals surface area contributed by atoms with Crippen LogP contribution in [0.4, 0.5) is 27.8 Å². The molecule has 0 radical (unpaired) electrons. The lowest BCUT2D eigenvalue weighted by Gasteiger charge is -2.23. The van der Waals surface area contributed by atoms with E-state index in [1.807, 2.05) is 0 Å². The Morgan fingerprint density at radius 3 is 2.38 bits per heavy atom. The number of halogens is 5. The van der Waals surface area contributed by atoms with Crippen LogP contribution in [0.5, 0.6) is 5.75 Å². The first-order valence-electron chi connectivity index (χ1n) is 8.81. The van der Waals surface area contributed by atoms with E-state index in [4.69, 9.17) is 4.74 Å². The summed E-state index contributed by atoms with van der Waals surface area (Å²) in [4.78, 5) is 8.27. The molecular weight excluding hydrogens is 397 g/mol. The molecule has 0 spiro atoms. The van der Waals surface area contributed by atoms with Gasteiger partial charge in [-0.15, -0.1) is 0 Å². The molecule has 1 aromatic carbocycles. The highest BCUT2D eigenvalue weighted by Gasteiger charge is 2.39. The molecule has 4 rings (SSSR count). The molecule has 0 aliphatic heterocycles. The molecule has 1 N–H and O–H groups in total. The smallest absolute Gasteiger partial charge is 0.408 e. The van der Waals surface area contributed by atoms with Crippen LogP contribution in [0, 0.1) is 11.6 Å². The number of fused-ring (bicyclic) bond motifs is 1. The van der Waals surface area contributed by atoms with Gasteiger partial charge in [0.2, 0.25) is 0 Å². The average molecular weight is 413 g/mol. The molecule has 1 aliphatic rings. The molecule has 6 nitrogen and oxygen atoms in total. The zero-order valence-corrected chi connectivity index (χ0v) is 15.4. The predicted octanol–water partition coefficient (Wildman–Crippen LogP) is 4.32. The molecule has 154 valence electrons. The summed E-state index contributed by atoms with van der Waals surface area (Å²) in [6.07, 6.45) is -2.06. The first-order valence-corrected chi connectivity index (χ1v) is 8.81. The van der Waals surface area contributed by atoms with Gasteiger partial charge in [0.05, 0.1) is 23.9 Å². The summed E-state index contributed by atoms with van der Waals surface area (Å²) in [5, 5.41) is 6.21.